The molecule has 2 saturated heterocycles. The second-order valence-electron chi connectivity index (χ2n) is 7.63. The first-order valence-corrected chi connectivity index (χ1v) is 12.9. The molecule has 2 aliphatic heterocycles. The number of carbonyl (C=O) groups is 3. The molecule has 0 spiro atoms. The first-order valence-electron chi connectivity index (χ1n) is 10.1. The third-order valence-electron chi connectivity index (χ3n) is 5.32. The van der Waals surface area contributed by atoms with E-state index in [9.17, 15) is 19.5 Å². The maximum Gasteiger partial charge on any atom is 0.313 e. The Morgan fingerprint density at radius 2 is 2.34 bits per heavy atom. The van der Waals surface area contributed by atoms with Crippen LogP contribution >= 0.6 is 35.1 Å². The van der Waals surface area contributed by atoms with Crippen LogP contribution in [0.1, 0.15) is 5.82 Å². The van der Waals surface area contributed by atoms with Gasteiger partial charge in [0.05, 0.1) is 0 Å². The van der Waals surface area contributed by atoms with Gasteiger partial charge in [-0.25, -0.2) is 0 Å². The Bertz CT molecular complexity index is 1180. The van der Waals surface area contributed by atoms with E-state index in [-0.39, 0.29) is 40.6 Å². The van der Waals surface area contributed by atoms with Gasteiger partial charge in [-0.2, -0.15) is 9.36 Å². The molecular weight excluding hydrogens is 518 g/mol. The van der Waals surface area contributed by atoms with E-state index in [1.807, 2.05) is 0 Å². The molecule has 2 fully saturated rings. The Hall–Kier alpha value is -3.18. The Morgan fingerprint density at radius 1 is 1.54 bits per heavy atom. The number of aliphatic carboxylic acids is 1. The third-order valence-corrected chi connectivity index (χ3v) is 8.72. The van der Waals surface area contributed by atoms with E-state index in [1.165, 1.54) is 35.5 Å². The van der Waals surface area contributed by atoms with Crippen LogP contribution < -0.4 is 11.1 Å². The van der Waals surface area contributed by atoms with Crippen molar-refractivity contribution in [2.24, 2.45) is 10.6 Å². The summed E-state index contributed by atoms with van der Waals surface area (Å²) in [6, 6.07) is -0.847. The minimum absolute atomic E-state index is 0.0109. The lowest BCUT2D eigenvalue weighted by atomic mass is 9.89. The number of amides is 2. The number of β-lactam (4-membered cyclic amide) rings is 1. The van der Waals surface area contributed by atoms with Gasteiger partial charge in [-0.3, -0.25) is 14.4 Å². The van der Waals surface area contributed by atoms with Crippen molar-refractivity contribution in [2.75, 3.05) is 30.9 Å². The SMILES string of the molecule is C=CCn1cnnc1SCC1(C(=O)O)CS[C@@H]2C(NC(=O)C(=NOC)c3nsc(N)n3)C(=O)N2C1. The van der Waals surface area contributed by atoms with Gasteiger partial charge in [0.1, 0.15) is 30.3 Å². The summed E-state index contributed by atoms with van der Waals surface area (Å²) in [7, 11) is 1.26. The zero-order chi connectivity index (χ0) is 25.2. The van der Waals surface area contributed by atoms with Crippen molar-refractivity contribution < 1.29 is 24.3 Å². The number of carbonyl (C=O) groups excluding carboxylic acids is 2. The van der Waals surface area contributed by atoms with Crippen molar-refractivity contribution in [3.05, 3.63) is 24.8 Å². The molecule has 0 radical (unpaired) electrons. The van der Waals surface area contributed by atoms with Crippen LogP contribution in [0.3, 0.4) is 0 Å². The van der Waals surface area contributed by atoms with Gasteiger partial charge in [-0.1, -0.05) is 23.0 Å². The van der Waals surface area contributed by atoms with Crippen LogP contribution in [0, 0.1) is 5.41 Å². The molecule has 2 unspecified atom stereocenters. The van der Waals surface area contributed by atoms with E-state index < -0.39 is 28.7 Å². The highest BCUT2D eigenvalue weighted by molar-refractivity contribution is 8.00. The highest BCUT2D eigenvalue weighted by Crippen LogP contribution is 2.44. The number of nitrogens with one attached hydrogen (secondary N) is 1. The van der Waals surface area contributed by atoms with Gasteiger partial charge in [0.25, 0.3) is 5.91 Å². The zero-order valence-corrected chi connectivity index (χ0v) is 20.8. The zero-order valence-electron chi connectivity index (χ0n) is 18.4. The monoisotopic (exact) mass is 539 g/mol. The fourth-order valence-corrected chi connectivity index (χ4v) is 6.77. The molecule has 2 aliphatic rings. The van der Waals surface area contributed by atoms with E-state index in [0.717, 1.165) is 11.5 Å². The van der Waals surface area contributed by atoms with Crippen molar-refractivity contribution in [2.45, 2.75) is 23.1 Å². The Morgan fingerprint density at radius 3 is 3.00 bits per heavy atom. The number of carboxylic acid groups (broad SMARTS) is 1. The Labute approximate surface area is 211 Å². The molecule has 2 aromatic heterocycles. The smallest absolute Gasteiger partial charge is 0.313 e. The van der Waals surface area contributed by atoms with Gasteiger partial charge in [-0.05, 0) is 0 Å². The number of thioether (sulfide) groups is 2. The summed E-state index contributed by atoms with van der Waals surface area (Å²) in [5.74, 6) is -1.67. The molecule has 14 nitrogen and oxygen atoms in total. The molecule has 0 bridgehead atoms. The summed E-state index contributed by atoms with van der Waals surface area (Å²) in [6.07, 6.45) is 3.24. The lowest BCUT2D eigenvalue weighted by molar-refractivity contribution is -0.157. The normalized spacial score (nSPS) is 23.9. The predicted molar refractivity (Wildman–Crippen MR) is 129 cm³/mol. The van der Waals surface area contributed by atoms with Crippen molar-refractivity contribution in [3.63, 3.8) is 0 Å². The third kappa shape index (κ3) is 4.83. The maximum absolute atomic E-state index is 12.9. The van der Waals surface area contributed by atoms with Crippen LogP contribution in [0.25, 0.3) is 0 Å². The van der Waals surface area contributed by atoms with E-state index in [1.54, 1.807) is 17.0 Å². The summed E-state index contributed by atoms with van der Waals surface area (Å²) in [6.45, 7) is 4.19. The van der Waals surface area contributed by atoms with Crippen LogP contribution in [0.2, 0.25) is 0 Å². The van der Waals surface area contributed by atoms with Crippen molar-refractivity contribution in [3.8, 4) is 0 Å². The second-order valence-corrected chi connectivity index (χ2v) is 10.5. The number of carboxylic acids is 1. The number of rotatable bonds is 10. The van der Waals surface area contributed by atoms with Gasteiger partial charge >= 0.3 is 5.97 Å². The van der Waals surface area contributed by atoms with Crippen LogP contribution in [0.15, 0.2) is 29.3 Å². The van der Waals surface area contributed by atoms with Gasteiger partial charge in [0.2, 0.25) is 17.4 Å². The molecule has 0 saturated carbocycles. The molecule has 35 heavy (non-hydrogen) atoms. The average molecular weight is 540 g/mol. The number of nitrogens with two attached hydrogens (primary N) is 1. The second kappa shape index (κ2) is 10.2. The van der Waals surface area contributed by atoms with Crippen LogP contribution in [0.4, 0.5) is 5.13 Å². The number of hydrogen-bond acceptors (Lipinski definition) is 13. The summed E-state index contributed by atoms with van der Waals surface area (Å²) in [5.41, 5.74) is 4.18. The molecule has 4 heterocycles. The number of fused-ring (bicyclic) bond motifs is 1. The molecule has 0 aromatic carbocycles. The molecule has 17 heteroatoms. The minimum atomic E-state index is -1.19. The molecule has 3 atom stereocenters. The summed E-state index contributed by atoms with van der Waals surface area (Å²) >= 11 is 3.45. The van der Waals surface area contributed by atoms with Crippen LogP contribution in [0.5, 0.6) is 0 Å². The molecule has 186 valence electrons. The maximum atomic E-state index is 12.9. The van der Waals surface area contributed by atoms with Gasteiger partial charge in [0, 0.05) is 36.1 Å². The Kier molecular flexibility index (Phi) is 7.27. The summed E-state index contributed by atoms with van der Waals surface area (Å²) in [4.78, 5) is 48.0. The number of nitrogen functional groups attached to an aromatic ring is 1. The van der Waals surface area contributed by atoms with Gasteiger partial charge in [-0.15, -0.1) is 28.5 Å². The summed E-state index contributed by atoms with van der Waals surface area (Å²) < 4.78 is 5.71. The van der Waals surface area contributed by atoms with E-state index in [2.05, 4.69) is 36.6 Å². The van der Waals surface area contributed by atoms with Crippen LogP contribution in [-0.4, -0.2) is 94.2 Å². The average Bonchev–Trinajstić information content (AvgIpc) is 3.48. The van der Waals surface area contributed by atoms with E-state index in [4.69, 9.17) is 10.6 Å². The number of nitrogens with zero attached hydrogens (tertiary/aromatic N) is 7. The van der Waals surface area contributed by atoms with Gasteiger partial charge < -0.3 is 30.5 Å². The lowest BCUT2D eigenvalue weighted by Crippen LogP contribution is -2.74. The minimum Gasteiger partial charge on any atom is -0.481 e. The highest BCUT2D eigenvalue weighted by atomic mass is 32.2. The number of oxime groups is 1. The lowest BCUT2D eigenvalue weighted by Gasteiger charge is -2.53. The van der Waals surface area contributed by atoms with Crippen molar-refractivity contribution >= 4 is 63.7 Å². The molecular formula is C18H21N9O5S3. The molecule has 2 aromatic rings. The predicted octanol–water partition coefficient (Wildman–Crippen LogP) is -0.488. The fourth-order valence-electron chi connectivity index (χ4n) is 3.55. The van der Waals surface area contributed by atoms with E-state index in [0.29, 0.717) is 11.7 Å². The number of hydrogen-bond donors (Lipinski definition) is 3. The largest absolute Gasteiger partial charge is 0.481 e. The first-order chi connectivity index (χ1) is 16.8. The van der Waals surface area contributed by atoms with Crippen LogP contribution in [-0.2, 0) is 25.8 Å². The topological polar surface area (TPSA) is 191 Å². The molecule has 0 aliphatic carbocycles. The molecule has 2 amide bonds. The number of anilines is 1. The highest BCUT2D eigenvalue weighted by Gasteiger charge is 2.57. The molecule has 4 N–H and O–H groups in total. The van der Waals surface area contributed by atoms with Crippen molar-refractivity contribution in [1.82, 2.24) is 34.3 Å². The fraction of sp³-hybridized carbons (Fsp3) is 0.444. The first kappa shape index (κ1) is 24.9. The molecule has 4 rings (SSSR count). The van der Waals surface area contributed by atoms with Gasteiger partial charge in [0.15, 0.2) is 10.3 Å². The Balaban J connectivity index is 1.42. The quantitative estimate of drug-likeness (QED) is 0.116. The van der Waals surface area contributed by atoms with E-state index >= 15 is 0 Å². The number of allylic oxidation sites excluding steroid dienone is 1. The van der Waals surface area contributed by atoms with Crippen molar-refractivity contribution in [1.29, 1.82) is 0 Å². The standard InChI is InChI=1S/C18H21N9O5S3/c1-3-4-26-8-20-23-17(26)34-7-18(15(30)31)5-27-13(29)10(14(27)33-6-18)21-12(28)9(24-32-2)11-22-16(19)35-25-11/h3,8,10,14H,1,4-7H2,2H3,(H,21,28)(H,30,31)(H2,19,22,25)/t10?,14-,18?/m1/s1. The summed E-state index contributed by atoms with van der Waals surface area (Å²) in [5, 5.41) is 24.5. The number of aromatic nitrogens is 5.